The number of carbonyl (C=O) groups excluding carboxylic acids is 1. The van der Waals surface area contributed by atoms with Gasteiger partial charge in [0.25, 0.3) is 5.91 Å². The van der Waals surface area contributed by atoms with Gasteiger partial charge in [0.15, 0.2) is 5.76 Å². The maximum atomic E-state index is 13.1. The van der Waals surface area contributed by atoms with E-state index in [1.54, 1.807) is 0 Å². The monoisotopic (exact) mass is 344 g/mol. The van der Waals surface area contributed by atoms with Gasteiger partial charge in [-0.05, 0) is 31.4 Å². The molecular formula is C20H28N2O3. The van der Waals surface area contributed by atoms with Crippen LogP contribution in [0.2, 0.25) is 0 Å². The van der Waals surface area contributed by atoms with Crippen molar-refractivity contribution in [1.82, 2.24) is 9.80 Å². The molecule has 0 radical (unpaired) electrons. The van der Waals surface area contributed by atoms with E-state index in [0.717, 1.165) is 51.3 Å². The largest absolute Gasteiger partial charge is 0.488 e. The quantitative estimate of drug-likeness (QED) is 0.795. The van der Waals surface area contributed by atoms with Crippen LogP contribution in [0.15, 0.2) is 42.2 Å². The van der Waals surface area contributed by atoms with Crippen LogP contribution < -0.4 is 0 Å². The second kappa shape index (κ2) is 9.02. The van der Waals surface area contributed by atoms with Gasteiger partial charge < -0.3 is 14.4 Å². The molecule has 0 spiro atoms. The zero-order chi connectivity index (χ0) is 17.5. The van der Waals surface area contributed by atoms with E-state index in [0.29, 0.717) is 18.9 Å². The SMILES string of the molecule is CC(CN1CCOCC1)N(Cc1ccccc1)C(=O)C1=CCCCO1. The zero-order valence-corrected chi connectivity index (χ0v) is 15.0. The third-order valence-corrected chi connectivity index (χ3v) is 4.76. The van der Waals surface area contributed by atoms with Crippen LogP contribution in [-0.2, 0) is 20.8 Å². The summed E-state index contributed by atoms with van der Waals surface area (Å²) in [6.07, 6.45) is 3.84. The van der Waals surface area contributed by atoms with Crippen molar-refractivity contribution < 1.29 is 14.3 Å². The van der Waals surface area contributed by atoms with E-state index in [-0.39, 0.29) is 11.9 Å². The molecule has 1 unspecified atom stereocenters. The first-order valence-electron chi connectivity index (χ1n) is 9.22. The number of ether oxygens (including phenoxy) is 2. The van der Waals surface area contributed by atoms with Crippen LogP contribution in [0, 0.1) is 0 Å². The molecule has 25 heavy (non-hydrogen) atoms. The van der Waals surface area contributed by atoms with E-state index in [1.165, 1.54) is 0 Å². The lowest BCUT2D eigenvalue weighted by molar-refractivity contribution is -0.134. The number of carbonyl (C=O) groups is 1. The van der Waals surface area contributed by atoms with E-state index in [2.05, 4.69) is 24.0 Å². The van der Waals surface area contributed by atoms with Crippen molar-refractivity contribution >= 4 is 5.91 Å². The van der Waals surface area contributed by atoms with E-state index in [4.69, 9.17) is 9.47 Å². The first kappa shape index (κ1) is 18.0. The highest BCUT2D eigenvalue weighted by atomic mass is 16.5. The van der Waals surface area contributed by atoms with Crippen LogP contribution in [0.3, 0.4) is 0 Å². The normalized spacial score (nSPS) is 19.6. The van der Waals surface area contributed by atoms with Crippen molar-refractivity contribution in [3.8, 4) is 0 Å². The number of amides is 1. The van der Waals surface area contributed by atoms with Crippen molar-refractivity contribution in [1.29, 1.82) is 0 Å². The van der Waals surface area contributed by atoms with Crippen LogP contribution in [0.25, 0.3) is 0 Å². The number of hydrogen-bond acceptors (Lipinski definition) is 4. The minimum absolute atomic E-state index is 0.00399. The topological polar surface area (TPSA) is 42.0 Å². The van der Waals surface area contributed by atoms with Crippen LogP contribution in [0.1, 0.15) is 25.3 Å². The molecule has 2 aliphatic heterocycles. The average molecular weight is 344 g/mol. The third kappa shape index (κ3) is 5.06. The fourth-order valence-corrected chi connectivity index (χ4v) is 3.31. The Balaban J connectivity index is 1.72. The summed E-state index contributed by atoms with van der Waals surface area (Å²) >= 11 is 0. The molecule has 1 saturated heterocycles. The predicted molar refractivity (Wildman–Crippen MR) is 97.0 cm³/mol. The minimum Gasteiger partial charge on any atom is -0.488 e. The number of benzene rings is 1. The van der Waals surface area contributed by atoms with Crippen LogP contribution in [0.4, 0.5) is 0 Å². The molecule has 0 bridgehead atoms. The van der Waals surface area contributed by atoms with Gasteiger partial charge in [-0.2, -0.15) is 0 Å². The number of rotatable bonds is 6. The maximum absolute atomic E-state index is 13.1. The molecule has 5 heteroatoms. The molecular weight excluding hydrogens is 316 g/mol. The lowest BCUT2D eigenvalue weighted by Gasteiger charge is -2.35. The van der Waals surface area contributed by atoms with E-state index in [9.17, 15) is 4.79 Å². The summed E-state index contributed by atoms with van der Waals surface area (Å²) in [7, 11) is 0. The Labute approximate surface area is 150 Å². The summed E-state index contributed by atoms with van der Waals surface area (Å²) in [5.74, 6) is 0.514. The smallest absolute Gasteiger partial charge is 0.289 e. The van der Waals surface area contributed by atoms with Crippen molar-refractivity contribution in [3.63, 3.8) is 0 Å². The molecule has 1 aromatic carbocycles. The van der Waals surface area contributed by atoms with Gasteiger partial charge >= 0.3 is 0 Å². The van der Waals surface area contributed by atoms with Gasteiger partial charge in [-0.25, -0.2) is 0 Å². The van der Waals surface area contributed by atoms with Gasteiger partial charge in [0.05, 0.1) is 19.8 Å². The predicted octanol–water partition coefficient (Wildman–Crippen LogP) is 2.43. The molecule has 0 aliphatic carbocycles. The summed E-state index contributed by atoms with van der Waals surface area (Å²) in [5, 5.41) is 0. The van der Waals surface area contributed by atoms with Gasteiger partial charge in [0.2, 0.25) is 0 Å². The van der Waals surface area contributed by atoms with Gasteiger partial charge in [0.1, 0.15) is 0 Å². The van der Waals surface area contributed by atoms with Gasteiger partial charge in [0, 0.05) is 32.2 Å². The molecule has 2 aliphatic rings. The molecule has 1 aromatic rings. The highest BCUT2D eigenvalue weighted by Crippen LogP contribution is 2.18. The molecule has 2 heterocycles. The Morgan fingerprint density at radius 1 is 1.20 bits per heavy atom. The van der Waals surface area contributed by atoms with Crippen LogP contribution >= 0.6 is 0 Å². The minimum atomic E-state index is 0.00399. The first-order chi connectivity index (χ1) is 12.2. The lowest BCUT2D eigenvalue weighted by atomic mass is 10.1. The standard InChI is InChI=1S/C20H28N2O3/c1-17(15-21-10-13-24-14-11-21)22(16-18-7-3-2-4-8-18)20(23)19-9-5-6-12-25-19/h2-4,7-9,17H,5-6,10-16H2,1H3. The van der Waals surface area contributed by atoms with Crippen LogP contribution in [0.5, 0.6) is 0 Å². The fraction of sp³-hybridized carbons (Fsp3) is 0.550. The molecule has 5 nitrogen and oxygen atoms in total. The Bertz CT molecular complexity index is 582. The summed E-state index contributed by atoms with van der Waals surface area (Å²) in [6, 6.07) is 10.3. The highest BCUT2D eigenvalue weighted by molar-refractivity contribution is 5.91. The lowest BCUT2D eigenvalue weighted by Crippen LogP contribution is -2.48. The van der Waals surface area contributed by atoms with Crippen molar-refractivity contribution in [2.75, 3.05) is 39.5 Å². The van der Waals surface area contributed by atoms with E-state index in [1.807, 2.05) is 29.2 Å². The van der Waals surface area contributed by atoms with Gasteiger partial charge in [-0.3, -0.25) is 9.69 Å². The maximum Gasteiger partial charge on any atom is 0.289 e. The Morgan fingerprint density at radius 3 is 2.64 bits per heavy atom. The van der Waals surface area contributed by atoms with Crippen molar-refractivity contribution in [2.45, 2.75) is 32.4 Å². The molecule has 1 atom stereocenters. The summed E-state index contributed by atoms with van der Waals surface area (Å²) in [4.78, 5) is 17.4. The number of hydrogen-bond donors (Lipinski definition) is 0. The van der Waals surface area contributed by atoms with Crippen molar-refractivity contribution in [2.24, 2.45) is 0 Å². The number of morpholine rings is 1. The molecule has 0 saturated carbocycles. The zero-order valence-electron chi connectivity index (χ0n) is 15.0. The van der Waals surface area contributed by atoms with Crippen molar-refractivity contribution in [3.05, 3.63) is 47.7 Å². The third-order valence-electron chi connectivity index (χ3n) is 4.76. The number of nitrogens with zero attached hydrogens (tertiary/aromatic N) is 2. The second-order valence-corrected chi connectivity index (χ2v) is 6.74. The molecule has 0 aromatic heterocycles. The molecule has 1 fully saturated rings. The summed E-state index contributed by atoms with van der Waals surface area (Å²) < 4.78 is 11.1. The van der Waals surface area contributed by atoms with Gasteiger partial charge in [-0.15, -0.1) is 0 Å². The molecule has 3 rings (SSSR count). The van der Waals surface area contributed by atoms with Gasteiger partial charge in [-0.1, -0.05) is 30.3 Å². The first-order valence-corrected chi connectivity index (χ1v) is 9.22. The van der Waals surface area contributed by atoms with Crippen LogP contribution in [-0.4, -0.2) is 61.2 Å². The summed E-state index contributed by atoms with van der Waals surface area (Å²) in [6.45, 7) is 7.62. The Hall–Kier alpha value is -1.85. The molecule has 136 valence electrons. The molecule has 0 N–H and O–H groups in total. The Morgan fingerprint density at radius 2 is 1.96 bits per heavy atom. The second-order valence-electron chi connectivity index (χ2n) is 6.74. The number of allylic oxidation sites excluding steroid dienone is 1. The molecule has 1 amide bonds. The Kier molecular flexibility index (Phi) is 6.48. The van der Waals surface area contributed by atoms with E-state index < -0.39 is 0 Å². The highest BCUT2D eigenvalue weighted by Gasteiger charge is 2.27. The van der Waals surface area contributed by atoms with E-state index >= 15 is 0 Å². The average Bonchev–Trinajstić information content (AvgIpc) is 2.68. The summed E-state index contributed by atoms with van der Waals surface area (Å²) in [5.41, 5.74) is 1.14. The fourth-order valence-electron chi connectivity index (χ4n) is 3.31.